The molecule has 0 saturated carbocycles. The van der Waals surface area contributed by atoms with E-state index in [0.29, 0.717) is 21.8 Å². The summed E-state index contributed by atoms with van der Waals surface area (Å²) in [6.45, 7) is 3.96. The molecule has 0 fully saturated rings. The first-order chi connectivity index (χ1) is 12.5. The van der Waals surface area contributed by atoms with Gasteiger partial charge in [-0.2, -0.15) is 0 Å². The Morgan fingerprint density at radius 3 is 2.73 bits per heavy atom. The number of aryl methyl sites for hydroxylation is 2. The molecule has 26 heavy (non-hydrogen) atoms. The van der Waals surface area contributed by atoms with Crippen LogP contribution >= 0.6 is 11.8 Å². The van der Waals surface area contributed by atoms with E-state index in [1.165, 1.54) is 40.1 Å². The SMILES string of the molecule is COC(=O)Cn1c(SCc2cc(C)ccc2C)nc2ccccc2c1=O. The quantitative estimate of drug-likeness (QED) is 0.392. The number of ether oxygens (including phenoxy) is 1. The predicted octanol–water partition coefficient (Wildman–Crippen LogP) is 3.48. The fourth-order valence-electron chi connectivity index (χ4n) is 2.69. The van der Waals surface area contributed by atoms with E-state index < -0.39 is 5.97 Å². The van der Waals surface area contributed by atoms with Gasteiger partial charge in [0.25, 0.3) is 5.56 Å². The third-order valence-electron chi connectivity index (χ3n) is 4.20. The molecule has 0 amide bonds. The maximum Gasteiger partial charge on any atom is 0.325 e. The summed E-state index contributed by atoms with van der Waals surface area (Å²) in [6.07, 6.45) is 0. The highest BCUT2D eigenvalue weighted by Crippen LogP contribution is 2.24. The molecular weight excluding hydrogens is 348 g/mol. The zero-order valence-corrected chi connectivity index (χ0v) is 15.8. The summed E-state index contributed by atoms with van der Waals surface area (Å²) in [5, 5.41) is 1.01. The van der Waals surface area contributed by atoms with Crippen molar-refractivity contribution in [3.8, 4) is 0 Å². The maximum atomic E-state index is 12.8. The molecule has 2 aromatic carbocycles. The van der Waals surface area contributed by atoms with Gasteiger partial charge >= 0.3 is 5.97 Å². The van der Waals surface area contributed by atoms with Gasteiger partial charge in [-0.05, 0) is 37.1 Å². The van der Waals surface area contributed by atoms with Crippen LogP contribution in [0.1, 0.15) is 16.7 Å². The highest BCUT2D eigenvalue weighted by Gasteiger charge is 2.15. The molecule has 134 valence electrons. The first kappa shape index (κ1) is 18.2. The monoisotopic (exact) mass is 368 g/mol. The number of fused-ring (bicyclic) bond motifs is 1. The number of para-hydroxylation sites is 1. The molecule has 0 spiro atoms. The molecule has 0 aliphatic heterocycles. The van der Waals surface area contributed by atoms with Gasteiger partial charge < -0.3 is 4.74 Å². The molecule has 0 saturated heterocycles. The standard InChI is InChI=1S/C20H20N2O3S/c1-13-8-9-14(2)15(10-13)12-26-20-21-17-7-5-4-6-16(17)19(24)22(20)11-18(23)25-3/h4-10H,11-12H2,1-3H3. The first-order valence-corrected chi connectivity index (χ1v) is 9.23. The third-order valence-corrected chi connectivity index (χ3v) is 5.23. The van der Waals surface area contributed by atoms with E-state index in [2.05, 4.69) is 37.0 Å². The fraction of sp³-hybridized carbons (Fsp3) is 0.250. The Morgan fingerprint density at radius 1 is 1.19 bits per heavy atom. The summed E-state index contributed by atoms with van der Waals surface area (Å²) in [7, 11) is 1.31. The summed E-state index contributed by atoms with van der Waals surface area (Å²) in [5.74, 6) is 0.192. The van der Waals surface area contributed by atoms with Crippen molar-refractivity contribution < 1.29 is 9.53 Å². The van der Waals surface area contributed by atoms with Gasteiger partial charge in [0.05, 0.1) is 18.0 Å². The Labute approximate surface area is 156 Å². The zero-order valence-electron chi connectivity index (χ0n) is 15.0. The Balaban J connectivity index is 2.02. The molecular formula is C20H20N2O3S. The summed E-state index contributed by atoms with van der Waals surface area (Å²) in [6, 6.07) is 13.5. The molecule has 5 nitrogen and oxygen atoms in total. The Hall–Kier alpha value is -2.60. The molecule has 6 heteroatoms. The maximum absolute atomic E-state index is 12.8. The van der Waals surface area contributed by atoms with Crippen LogP contribution in [-0.4, -0.2) is 22.6 Å². The molecule has 0 N–H and O–H groups in total. The van der Waals surface area contributed by atoms with Crippen LogP contribution in [-0.2, 0) is 21.8 Å². The molecule has 0 atom stereocenters. The summed E-state index contributed by atoms with van der Waals surface area (Å²) >= 11 is 1.45. The number of carbonyl (C=O) groups excluding carboxylic acids is 1. The van der Waals surface area contributed by atoms with Crippen molar-refractivity contribution in [2.75, 3.05) is 7.11 Å². The topological polar surface area (TPSA) is 61.2 Å². The van der Waals surface area contributed by atoms with Gasteiger partial charge in [0.2, 0.25) is 0 Å². The minimum absolute atomic E-state index is 0.150. The van der Waals surface area contributed by atoms with E-state index in [1.54, 1.807) is 18.2 Å². The smallest absolute Gasteiger partial charge is 0.325 e. The zero-order chi connectivity index (χ0) is 18.7. The van der Waals surface area contributed by atoms with Crippen molar-refractivity contribution in [2.45, 2.75) is 31.3 Å². The molecule has 1 aromatic heterocycles. The molecule has 0 unspecified atom stereocenters. The number of aromatic nitrogens is 2. The van der Waals surface area contributed by atoms with E-state index >= 15 is 0 Å². The van der Waals surface area contributed by atoms with Crippen LogP contribution in [0.25, 0.3) is 10.9 Å². The molecule has 0 aliphatic rings. The molecule has 3 rings (SSSR count). The fourth-order valence-corrected chi connectivity index (χ4v) is 3.75. The largest absolute Gasteiger partial charge is 0.468 e. The van der Waals surface area contributed by atoms with Gasteiger partial charge in [-0.25, -0.2) is 4.98 Å². The normalized spacial score (nSPS) is 10.9. The lowest BCUT2D eigenvalue weighted by molar-refractivity contribution is -0.141. The highest BCUT2D eigenvalue weighted by molar-refractivity contribution is 7.98. The number of thioether (sulfide) groups is 1. The number of carbonyl (C=O) groups is 1. The number of nitrogens with zero attached hydrogens (tertiary/aromatic N) is 2. The first-order valence-electron chi connectivity index (χ1n) is 8.25. The van der Waals surface area contributed by atoms with Crippen molar-refractivity contribution in [1.29, 1.82) is 0 Å². The minimum atomic E-state index is -0.474. The molecule has 0 aliphatic carbocycles. The van der Waals surface area contributed by atoms with Crippen LogP contribution in [0.4, 0.5) is 0 Å². The third kappa shape index (κ3) is 3.80. The molecule has 0 radical (unpaired) electrons. The lowest BCUT2D eigenvalue weighted by Gasteiger charge is -2.13. The van der Waals surface area contributed by atoms with E-state index in [9.17, 15) is 9.59 Å². The van der Waals surface area contributed by atoms with Crippen LogP contribution in [0.2, 0.25) is 0 Å². The van der Waals surface area contributed by atoms with Crippen molar-refractivity contribution in [1.82, 2.24) is 9.55 Å². The average molecular weight is 368 g/mol. The van der Waals surface area contributed by atoms with Crippen LogP contribution in [0, 0.1) is 13.8 Å². The molecule has 1 heterocycles. The van der Waals surface area contributed by atoms with Gasteiger partial charge in [0, 0.05) is 5.75 Å². The number of hydrogen-bond acceptors (Lipinski definition) is 5. The summed E-state index contributed by atoms with van der Waals surface area (Å²) < 4.78 is 6.13. The number of benzene rings is 2. The van der Waals surface area contributed by atoms with Gasteiger partial charge in [-0.15, -0.1) is 0 Å². The summed E-state index contributed by atoms with van der Waals surface area (Å²) in [5.41, 5.74) is 3.95. The Kier molecular flexibility index (Phi) is 5.42. The second-order valence-corrected chi connectivity index (χ2v) is 7.04. The second kappa shape index (κ2) is 7.74. The van der Waals surface area contributed by atoms with Crippen molar-refractivity contribution in [2.24, 2.45) is 0 Å². The number of hydrogen-bond donors (Lipinski definition) is 0. The van der Waals surface area contributed by atoms with Gasteiger partial charge in [0.15, 0.2) is 5.16 Å². The van der Waals surface area contributed by atoms with Gasteiger partial charge in [0.1, 0.15) is 6.54 Å². The number of rotatable bonds is 5. The lowest BCUT2D eigenvalue weighted by Crippen LogP contribution is -2.27. The van der Waals surface area contributed by atoms with Gasteiger partial charge in [-0.3, -0.25) is 14.2 Å². The minimum Gasteiger partial charge on any atom is -0.468 e. The average Bonchev–Trinajstić information content (AvgIpc) is 2.65. The second-order valence-electron chi connectivity index (χ2n) is 6.10. The Morgan fingerprint density at radius 2 is 1.96 bits per heavy atom. The van der Waals surface area contributed by atoms with Crippen LogP contribution in [0.15, 0.2) is 52.4 Å². The van der Waals surface area contributed by atoms with E-state index in [1.807, 2.05) is 6.07 Å². The Bertz CT molecular complexity index is 1030. The van der Waals surface area contributed by atoms with Crippen molar-refractivity contribution in [3.05, 3.63) is 69.5 Å². The molecule has 0 bridgehead atoms. The van der Waals surface area contributed by atoms with E-state index in [0.717, 1.165) is 0 Å². The highest BCUT2D eigenvalue weighted by atomic mass is 32.2. The summed E-state index contributed by atoms with van der Waals surface area (Å²) in [4.78, 5) is 29.2. The predicted molar refractivity (Wildman–Crippen MR) is 103 cm³/mol. The van der Waals surface area contributed by atoms with Crippen LogP contribution < -0.4 is 5.56 Å². The number of methoxy groups -OCH3 is 1. The number of esters is 1. The lowest BCUT2D eigenvalue weighted by atomic mass is 10.1. The van der Waals surface area contributed by atoms with Gasteiger partial charge in [-0.1, -0.05) is 47.7 Å². The van der Waals surface area contributed by atoms with E-state index in [4.69, 9.17) is 4.74 Å². The van der Waals surface area contributed by atoms with Crippen molar-refractivity contribution >= 4 is 28.6 Å². The van der Waals surface area contributed by atoms with E-state index in [-0.39, 0.29) is 12.1 Å². The molecule has 3 aromatic rings. The van der Waals surface area contributed by atoms with Crippen LogP contribution in [0.3, 0.4) is 0 Å². The van der Waals surface area contributed by atoms with Crippen LogP contribution in [0.5, 0.6) is 0 Å². The van der Waals surface area contributed by atoms with Crippen molar-refractivity contribution in [3.63, 3.8) is 0 Å².